The Balaban J connectivity index is 2.25. The fourth-order valence-corrected chi connectivity index (χ4v) is 2.19. The Morgan fingerprint density at radius 1 is 1.31 bits per heavy atom. The van der Waals surface area contributed by atoms with Crippen LogP contribution in [0.3, 0.4) is 0 Å². The molecule has 1 aliphatic heterocycles. The fourth-order valence-electron chi connectivity index (χ4n) is 2.19. The number of nitro benzene ring substituents is 1. The van der Waals surface area contributed by atoms with E-state index in [0.717, 1.165) is 38.0 Å². The average Bonchev–Trinajstić information content (AvgIpc) is 2.50. The van der Waals surface area contributed by atoms with Crippen LogP contribution < -0.4 is 0 Å². The summed E-state index contributed by atoms with van der Waals surface area (Å²) in [7, 11) is 0. The molecule has 0 saturated carbocycles. The number of benzene rings is 1. The molecule has 1 aliphatic rings. The highest BCUT2D eigenvalue weighted by Crippen LogP contribution is 2.21. The highest BCUT2D eigenvalue weighted by Gasteiger charge is 2.15. The normalized spacial score (nSPS) is 16.6. The van der Waals surface area contributed by atoms with Gasteiger partial charge in [0.2, 0.25) is 0 Å². The van der Waals surface area contributed by atoms with Crippen LogP contribution in [0.25, 0.3) is 0 Å². The Morgan fingerprint density at radius 2 is 2.00 bits per heavy atom. The minimum atomic E-state index is -0.317. The number of hydrogen-bond acceptors (Lipinski definition) is 3. The Bertz CT molecular complexity index is 404. The van der Waals surface area contributed by atoms with Crippen LogP contribution in [0.5, 0.6) is 0 Å². The van der Waals surface area contributed by atoms with E-state index in [1.54, 1.807) is 12.1 Å². The second kappa shape index (κ2) is 4.61. The van der Waals surface area contributed by atoms with E-state index in [1.807, 2.05) is 6.07 Å². The lowest BCUT2D eigenvalue weighted by Gasteiger charge is -2.16. The third-order valence-corrected chi connectivity index (χ3v) is 3.24. The first kappa shape index (κ1) is 11.1. The Labute approximate surface area is 95.0 Å². The van der Waals surface area contributed by atoms with Gasteiger partial charge in [0.15, 0.2) is 0 Å². The molecular weight excluding hydrogens is 204 g/mol. The summed E-state index contributed by atoms with van der Waals surface area (Å²) in [6.07, 6.45) is 1.92. The van der Waals surface area contributed by atoms with Gasteiger partial charge in [0.05, 0.1) is 4.92 Å². The molecule has 0 amide bonds. The molecule has 0 aromatic heterocycles. The quantitative estimate of drug-likeness (QED) is 0.566. The predicted octanol–water partition coefficient (Wildman–Crippen LogP) is 2.02. The van der Waals surface area contributed by atoms with Crippen molar-refractivity contribution >= 4 is 5.69 Å². The summed E-state index contributed by atoms with van der Waals surface area (Å²) in [5, 5.41) is 10.7. The molecule has 0 saturated heterocycles. The summed E-state index contributed by atoms with van der Waals surface area (Å²) in [6, 6.07) is 5.25. The third-order valence-electron chi connectivity index (χ3n) is 3.24. The summed E-state index contributed by atoms with van der Waals surface area (Å²) < 4.78 is 0. The molecule has 0 fully saturated rings. The number of non-ortho nitro benzene ring substituents is 1. The summed E-state index contributed by atoms with van der Waals surface area (Å²) in [4.78, 5) is 12.8. The molecule has 1 aromatic rings. The molecule has 0 bridgehead atoms. The second-order valence-corrected chi connectivity index (χ2v) is 4.14. The van der Waals surface area contributed by atoms with Crippen molar-refractivity contribution in [3.8, 4) is 0 Å². The number of hydrogen-bond donors (Lipinski definition) is 0. The molecule has 0 atom stereocenters. The summed E-state index contributed by atoms with van der Waals surface area (Å²) in [5.74, 6) is 0. The van der Waals surface area contributed by atoms with Crippen molar-refractivity contribution in [3.05, 3.63) is 39.4 Å². The van der Waals surface area contributed by atoms with E-state index < -0.39 is 0 Å². The smallest absolute Gasteiger partial charge is 0.269 e. The Morgan fingerprint density at radius 3 is 2.62 bits per heavy atom. The molecule has 0 unspecified atom stereocenters. The van der Waals surface area contributed by atoms with Gasteiger partial charge in [0, 0.05) is 25.2 Å². The van der Waals surface area contributed by atoms with Crippen LogP contribution in [0.2, 0.25) is 0 Å². The maximum absolute atomic E-state index is 10.7. The zero-order valence-electron chi connectivity index (χ0n) is 9.48. The molecule has 1 heterocycles. The van der Waals surface area contributed by atoms with Gasteiger partial charge < -0.3 is 4.90 Å². The van der Waals surface area contributed by atoms with E-state index in [9.17, 15) is 10.1 Å². The monoisotopic (exact) mass is 220 g/mol. The molecule has 16 heavy (non-hydrogen) atoms. The molecule has 0 N–H and O–H groups in total. The molecule has 0 spiro atoms. The maximum atomic E-state index is 10.7. The molecule has 0 aliphatic carbocycles. The number of likely N-dealkylation sites (N-methyl/N-ethyl adjacent to an activating group) is 1. The number of nitrogens with zero attached hydrogens (tertiary/aromatic N) is 2. The van der Waals surface area contributed by atoms with Crippen LogP contribution in [-0.4, -0.2) is 29.5 Å². The van der Waals surface area contributed by atoms with E-state index in [2.05, 4.69) is 11.8 Å². The second-order valence-electron chi connectivity index (χ2n) is 4.14. The molecule has 86 valence electrons. The van der Waals surface area contributed by atoms with E-state index in [0.29, 0.717) is 0 Å². The summed E-state index contributed by atoms with van der Waals surface area (Å²) >= 11 is 0. The van der Waals surface area contributed by atoms with Crippen molar-refractivity contribution in [1.29, 1.82) is 0 Å². The summed E-state index contributed by atoms with van der Waals surface area (Å²) in [6.45, 7) is 5.26. The van der Waals surface area contributed by atoms with Crippen LogP contribution in [0.15, 0.2) is 18.2 Å². The number of fused-ring (bicyclic) bond motifs is 1. The molecule has 0 radical (unpaired) electrons. The Kier molecular flexibility index (Phi) is 3.19. The van der Waals surface area contributed by atoms with Gasteiger partial charge in [-0.05, 0) is 30.5 Å². The first-order valence-electron chi connectivity index (χ1n) is 5.69. The lowest BCUT2D eigenvalue weighted by molar-refractivity contribution is -0.384. The van der Waals surface area contributed by atoms with E-state index >= 15 is 0 Å². The van der Waals surface area contributed by atoms with Gasteiger partial charge in [-0.2, -0.15) is 0 Å². The lowest BCUT2D eigenvalue weighted by atomic mass is 10.0. The minimum absolute atomic E-state index is 0.212. The van der Waals surface area contributed by atoms with Gasteiger partial charge in [-0.15, -0.1) is 0 Å². The van der Waals surface area contributed by atoms with Crippen molar-refractivity contribution in [3.63, 3.8) is 0 Å². The van der Waals surface area contributed by atoms with Gasteiger partial charge in [0.25, 0.3) is 5.69 Å². The molecule has 2 rings (SSSR count). The van der Waals surface area contributed by atoms with Gasteiger partial charge >= 0.3 is 0 Å². The lowest BCUT2D eigenvalue weighted by Crippen LogP contribution is -2.25. The van der Waals surface area contributed by atoms with Gasteiger partial charge in [-0.3, -0.25) is 10.1 Å². The van der Waals surface area contributed by atoms with Gasteiger partial charge in [-0.1, -0.05) is 13.0 Å². The minimum Gasteiger partial charge on any atom is -0.303 e. The zero-order valence-corrected chi connectivity index (χ0v) is 9.48. The van der Waals surface area contributed by atoms with Crippen LogP contribution in [-0.2, 0) is 12.8 Å². The van der Waals surface area contributed by atoms with Crippen LogP contribution >= 0.6 is 0 Å². The van der Waals surface area contributed by atoms with E-state index in [-0.39, 0.29) is 10.6 Å². The van der Waals surface area contributed by atoms with Crippen LogP contribution in [0.4, 0.5) is 5.69 Å². The molecule has 1 aromatic carbocycles. The zero-order chi connectivity index (χ0) is 11.5. The van der Waals surface area contributed by atoms with E-state index in [4.69, 9.17) is 0 Å². The van der Waals surface area contributed by atoms with Crippen molar-refractivity contribution < 1.29 is 4.92 Å². The van der Waals surface area contributed by atoms with Crippen molar-refractivity contribution in [2.45, 2.75) is 19.8 Å². The van der Waals surface area contributed by atoms with Crippen molar-refractivity contribution in [2.24, 2.45) is 0 Å². The number of rotatable bonds is 2. The van der Waals surface area contributed by atoms with Gasteiger partial charge in [0.1, 0.15) is 0 Å². The third kappa shape index (κ3) is 2.22. The Hall–Kier alpha value is -1.42. The van der Waals surface area contributed by atoms with Gasteiger partial charge in [-0.25, -0.2) is 0 Å². The highest BCUT2D eigenvalue weighted by molar-refractivity contribution is 5.40. The van der Waals surface area contributed by atoms with Crippen LogP contribution in [0.1, 0.15) is 18.1 Å². The first-order chi connectivity index (χ1) is 7.70. The number of nitro groups is 1. The van der Waals surface area contributed by atoms with Crippen LogP contribution in [0, 0.1) is 10.1 Å². The van der Waals surface area contributed by atoms with E-state index in [1.165, 1.54) is 5.56 Å². The topological polar surface area (TPSA) is 46.4 Å². The van der Waals surface area contributed by atoms with Crippen molar-refractivity contribution in [2.75, 3.05) is 19.6 Å². The SMILES string of the molecule is CCN1CCc2ccc([N+](=O)[O-])cc2CC1. The summed E-state index contributed by atoms with van der Waals surface area (Å²) in [5.41, 5.74) is 2.62. The largest absolute Gasteiger partial charge is 0.303 e. The molecule has 4 nitrogen and oxygen atoms in total. The molecule has 4 heteroatoms. The molecular formula is C12H16N2O2. The highest BCUT2D eigenvalue weighted by atomic mass is 16.6. The maximum Gasteiger partial charge on any atom is 0.269 e. The fraction of sp³-hybridized carbons (Fsp3) is 0.500. The van der Waals surface area contributed by atoms with Crippen molar-refractivity contribution in [1.82, 2.24) is 4.90 Å². The standard InChI is InChI=1S/C12H16N2O2/c1-2-13-7-5-10-3-4-12(14(15)16)9-11(10)6-8-13/h3-4,9H,2,5-8H2,1H3. The predicted molar refractivity (Wildman–Crippen MR) is 62.6 cm³/mol. The first-order valence-corrected chi connectivity index (χ1v) is 5.69. The average molecular weight is 220 g/mol.